The predicted molar refractivity (Wildman–Crippen MR) is 87.7 cm³/mol. The van der Waals surface area contributed by atoms with E-state index in [1.807, 2.05) is 48.5 Å². The van der Waals surface area contributed by atoms with Crippen LogP contribution < -0.4 is 5.32 Å². The van der Waals surface area contributed by atoms with Crippen molar-refractivity contribution < 1.29 is 9.90 Å². The summed E-state index contributed by atoms with van der Waals surface area (Å²) < 4.78 is 0. The van der Waals surface area contributed by atoms with E-state index >= 15 is 0 Å². The lowest BCUT2D eigenvalue weighted by Gasteiger charge is -2.11. The van der Waals surface area contributed by atoms with Crippen molar-refractivity contribution >= 4 is 29.0 Å². The highest BCUT2D eigenvalue weighted by Crippen LogP contribution is 2.27. The van der Waals surface area contributed by atoms with Crippen molar-refractivity contribution in [1.29, 1.82) is 0 Å². The normalized spacial score (nSPS) is 15.5. The smallest absolute Gasteiger partial charge is 0.330 e. The first-order chi connectivity index (χ1) is 10.6. The van der Waals surface area contributed by atoms with Crippen molar-refractivity contribution in [2.45, 2.75) is 0 Å². The summed E-state index contributed by atoms with van der Waals surface area (Å²) in [5.74, 6) is -1.00. The molecule has 110 valence electrons. The number of aliphatic carboxylic acids is 1. The Kier molecular flexibility index (Phi) is 3.94. The number of fused-ring (bicyclic) bond motifs is 1. The maximum absolute atomic E-state index is 10.9. The lowest BCUT2D eigenvalue weighted by atomic mass is 10.0. The van der Waals surface area contributed by atoms with Crippen LogP contribution in [0, 0.1) is 0 Å². The van der Waals surface area contributed by atoms with Gasteiger partial charge in [-0.1, -0.05) is 48.0 Å². The van der Waals surface area contributed by atoms with E-state index in [1.165, 1.54) is 0 Å². The third kappa shape index (κ3) is 2.87. The lowest BCUT2D eigenvalue weighted by Crippen LogP contribution is -2.06. The number of hydrogen-bond acceptors (Lipinski definition) is 3. The van der Waals surface area contributed by atoms with E-state index in [1.54, 1.807) is 0 Å². The fourth-order valence-corrected chi connectivity index (χ4v) is 2.60. The van der Waals surface area contributed by atoms with Gasteiger partial charge in [-0.15, -0.1) is 0 Å². The number of para-hydroxylation sites is 1. The molecule has 0 saturated heterocycles. The Morgan fingerprint density at radius 2 is 1.82 bits per heavy atom. The third-order valence-electron chi connectivity index (χ3n) is 3.31. The molecule has 0 amide bonds. The summed E-state index contributed by atoms with van der Waals surface area (Å²) in [5.41, 5.74) is 3.81. The van der Waals surface area contributed by atoms with Crippen LogP contribution in [-0.4, -0.2) is 23.3 Å². The zero-order chi connectivity index (χ0) is 15.5. The van der Waals surface area contributed by atoms with Crippen LogP contribution in [-0.2, 0) is 4.79 Å². The number of hydrogen-bond donors (Lipinski definition) is 2. The second-order valence-electron chi connectivity index (χ2n) is 4.82. The van der Waals surface area contributed by atoms with Crippen LogP contribution in [0.5, 0.6) is 0 Å². The highest BCUT2D eigenvalue weighted by atomic mass is 35.5. The molecule has 0 bridgehead atoms. The summed E-state index contributed by atoms with van der Waals surface area (Å²) in [4.78, 5) is 15.5. The SMILES string of the molecule is O=C(O)C=C1CN=C(c2ccccc2Cl)c2ccccc2N1. The van der Waals surface area contributed by atoms with Crippen molar-refractivity contribution in [2.75, 3.05) is 11.9 Å². The number of halogens is 1. The average Bonchev–Trinajstić information content (AvgIpc) is 2.66. The zero-order valence-electron chi connectivity index (χ0n) is 11.6. The summed E-state index contributed by atoms with van der Waals surface area (Å²) in [6.07, 6.45) is 1.13. The number of aliphatic imine (C=N–C) groups is 1. The van der Waals surface area contributed by atoms with E-state index in [-0.39, 0.29) is 6.54 Å². The minimum Gasteiger partial charge on any atom is -0.478 e. The van der Waals surface area contributed by atoms with E-state index in [2.05, 4.69) is 10.3 Å². The van der Waals surface area contributed by atoms with Crippen LogP contribution in [0.4, 0.5) is 5.69 Å². The third-order valence-corrected chi connectivity index (χ3v) is 3.64. The molecule has 0 unspecified atom stereocenters. The van der Waals surface area contributed by atoms with Crippen molar-refractivity contribution in [2.24, 2.45) is 4.99 Å². The van der Waals surface area contributed by atoms with E-state index in [4.69, 9.17) is 16.7 Å². The number of benzene rings is 2. The quantitative estimate of drug-likeness (QED) is 0.833. The number of carboxylic acid groups (broad SMARTS) is 1. The fraction of sp³-hybridized carbons (Fsp3) is 0.0588. The summed E-state index contributed by atoms with van der Waals surface area (Å²) in [5, 5.41) is 12.7. The molecule has 2 aromatic rings. The van der Waals surface area contributed by atoms with Crippen molar-refractivity contribution in [3.63, 3.8) is 0 Å². The van der Waals surface area contributed by atoms with Gasteiger partial charge in [-0.25, -0.2) is 4.79 Å². The molecule has 0 saturated carbocycles. The molecule has 1 aliphatic rings. The van der Waals surface area contributed by atoms with Crippen LogP contribution in [0.25, 0.3) is 0 Å². The molecule has 3 rings (SSSR count). The Hall–Kier alpha value is -2.59. The number of rotatable bonds is 2. The number of anilines is 1. The molecule has 0 aliphatic carbocycles. The van der Waals surface area contributed by atoms with E-state index in [0.29, 0.717) is 10.7 Å². The highest BCUT2D eigenvalue weighted by Gasteiger charge is 2.18. The topological polar surface area (TPSA) is 61.7 Å². The molecule has 0 radical (unpaired) electrons. The van der Waals surface area contributed by atoms with E-state index < -0.39 is 5.97 Å². The Morgan fingerprint density at radius 1 is 1.14 bits per heavy atom. The maximum Gasteiger partial charge on any atom is 0.330 e. The van der Waals surface area contributed by atoms with Gasteiger partial charge in [0.15, 0.2) is 0 Å². The monoisotopic (exact) mass is 312 g/mol. The molecule has 0 atom stereocenters. The van der Waals surface area contributed by atoms with Gasteiger partial charge >= 0.3 is 5.97 Å². The fourth-order valence-electron chi connectivity index (χ4n) is 2.37. The van der Waals surface area contributed by atoms with Crippen molar-refractivity contribution in [1.82, 2.24) is 0 Å². The lowest BCUT2D eigenvalue weighted by molar-refractivity contribution is -0.131. The number of benzodiazepines with no additional fused rings is 1. The highest BCUT2D eigenvalue weighted by molar-refractivity contribution is 6.35. The molecule has 0 fully saturated rings. The molecule has 5 heteroatoms. The standard InChI is InChI=1S/C17H13ClN2O2/c18-14-7-3-1-5-12(14)17-13-6-2-4-8-15(13)20-11(10-19-17)9-16(21)22/h1-9,20H,10H2,(H,21,22). The first-order valence-electron chi connectivity index (χ1n) is 6.74. The maximum atomic E-state index is 10.9. The Bertz CT molecular complexity index is 797. The summed E-state index contributed by atoms with van der Waals surface area (Å²) >= 11 is 6.29. The van der Waals surface area contributed by atoms with Crippen molar-refractivity contribution in [3.05, 3.63) is 76.5 Å². The number of carboxylic acids is 1. The van der Waals surface area contributed by atoms with Crippen molar-refractivity contribution in [3.8, 4) is 0 Å². The Balaban J connectivity index is 2.16. The van der Waals surface area contributed by atoms with Gasteiger partial charge in [0.25, 0.3) is 0 Å². The summed E-state index contributed by atoms with van der Waals surface area (Å²) in [7, 11) is 0. The average molecular weight is 313 g/mol. The predicted octanol–water partition coefficient (Wildman–Crippen LogP) is 3.57. The van der Waals surface area contributed by atoms with Gasteiger partial charge in [0.1, 0.15) is 0 Å². The molecule has 0 aromatic heterocycles. The zero-order valence-corrected chi connectivity index (χ0v) is 12.3. The molecule has 4 nitrogen and oxygen atoms in total. The van der Waals surface area contributed by atoms with Gasteiger partial charge in [0.2, 0.25) is 0 Å². The van der Waals surface area contributed by atoms with Crippen LogP contribution in [0.15, 0.2) is 65.3 Å². The van der Waals surface area contributed by atoms with E-state index in [9.17, 15) is 4.79 Å². The van der Waals surface area contributed by atoms with Gasteiger partial charge < -0.3 is 10.4 Å². The second-order valence-corrected chi connectivity index (χ2v) is 5.23. The molecule has 22 heavy (non-hydrogen) atoms. The number of nitrogens with one attached hydrogen (secondary N) is 1. The van der Waals surface area contributed by atoms with Gasteiger partial charge in [-0.05, 0) is 12.1 Å². The molecule has 1 heterocycles. The molecule has 1 aliphatic heterocycles. The molecule has 2 aromatic carbocycles. The minimum absolute atomic E-state index is 0.252. The van der Waals surface area contributed by atoms with Gasteiger partial charge in [-0.3, -0.25) is 4.99 Å². The largest absolute Gasteiger partial charge is 0.478 e. The number of nitrogens with zero attached hydrogens (tertiary/aromatic N) is 1. The first kappa shape index (κ1) is 14.4. The Morgan fingerprint density at radius 3 is 2.55 bits per heavy atom. The first-order valence-corrected chi connectivity index (χ1v) is 7.12. The molecule has 2 N–H and O–H groups in total. The van der Waals surface area contributed by atoms with Gasteiger partial charge in [0.05, 0.1) is 12.3 Å². The van der Waals surface area contributed by atoms with Crippen LogP contribution >= 0.6 is 11.6 Å². The minimum atomic E-state index is -1.00. The second kappa shape index (κ2) is 6.03. The Labute approximate surface area is 132 Å². The molecular weight excluding hydrogens is 300 g/mol. The van der Waals surface area contributed by atoms with Gasteiger partial charge in [0, 0.05) is 33.6 Å². The summed E-state index contributed by atoms with van der Waals surface area (Å²) in [6, 6.07) is 15.1. The van der Waals surface area contributed by atoms with Gasteiger partial charge in [-0.2, -0.15) is 0 Å². The molecular formula is C17H13ClN2O2. The summed E-state index contributed by atoms with van der Waals surface area (Å²) in [6.45, 7) is 0.252. The molecule has 0 spiro atoms. The van der Waals surface area contributed by atoms with Crippen LogP contribution in [0.3, 0.4) is 0 Å². The van der Waals surface area contributed by atoms with Crippen LogP contribution in [0.2, 0.25) is 5.02 Å². The number of carbonyl (C=O) groups is 1. The van der Waals surface area contributed by atoms with E-state index in [0.717, 1.165) is 28.6 Å². The van der Waals surface area contributed by atoms with Crippen LogP contribution in [0.1, 0.15) is 11.1 Å².